The first kappa shape index (κ1) is 20.0. The van der Waals surface area contributed by atoms with Gasteiger partial charge in [0.25, 0.3) is 5.91 Å². The van der Waals surface area contributed by atoms with Crippen LogP contribution < -0.4 is 22.2 Å². The Balaban J connectivity index is 0.00000210. The number of alkyl halides is 3. The Hall–Kier alpha value is -1.70. The molecule has 4 rings (SSSR count). The van der Waals surface area contributed by atoms with Crippen LogP contribution in [-0.4, -0.2) is 25.5 Å². The number of fused-ring (bicyclic) bond motifs is 2. The van der Waals surface area contributed by atoms with Crippen LogP contribution in [0.3, 0.4) is 0 Å². The van der Waals surface area contributed by atoms with Crippen molar-refractivity contribution < 1.29 is 35.3 Å². The van der Waals surface area contributed by atoms with Crippen LogP contribution in [0.1, 0.15) is 18.4 Å². The van der Waals surface area contributed by atoms with Crippen molar-refractivity contribution in [2.24, 2.45) is 0 Å². The molecule has 3 nitrogen and oxygen atoms in total. The van der Waals surface area contributed by atoms with Crippen LogP contribution in [0, 0.1) is 0 Å². The fraction of sp³-hybridized carbons (Fsp3) is 0.316. The van der Waals surface area contributed by atoms with Crippen LogP contribution >= 0.6 is 11.8 Å². The van der Waals surface area contributed by atoms with E-state index in [2.05, 4.69) is 0 Å². The van der Waals surface area contributed by atoms with Crippen molar-refractivity contribution in [1.82, 2.24) is 0 Å². The summed E-state index contributed by atoms with van der Waals surface area (Å²) in [5.41, 5.74) is 0.252. The van der Waals surface area contributed by atoms with Crippen LogP contribution in [0.5, 0.6) is 0 Å². The van der Waals surface area contributed by atoms with E-state index in [9.17, 15) is 18.0 Å². The summed E-state index contributed by atoms with van der Waals surface area (Å²) < 4.78 is 39.6. The minimum atomic E-state index is -4.44. The minimum absolute atomic E-state index is 0. The molecule has 2 heterocycles. The molecule has 2 aliphatic heterocycles. The number of amides is 1. The summed E-state index contributed by atoms with van der Waals surface area (Å²) in [6.07, 6.45) is -2.26. The number of hydrogen-bond donors (Lipinski definition) is 1. The largest absolute Gasteiger partial charge is 1.00 e. The lowest BCUT2D eigenvalue weighted by Gasteiger charge is -2.32. The first-order chi connectivity index (χ1) is 12.4. The third-order valence-corrected chi connectivity index (χ3v) is 5.94. The smallest absolute Gasteiger partial charge is 0.416 e. The fourth-order valence-corrected chi connectivity index (χ4v) is 4.58. The maximum absolute atomic E-state index is 13.2. The van der Waals surface area contributed by atoms with E-state index < -0.39 is 11.7 Å². The number of carbonyl (C=O) groups is 1. The molecular formula is C19H18ClF3N2OS. The molecule has 8 heteroatoms. The van der Waals surface area contributed by atoms with Crippen molar-refractivity contribution in [2.45, 2.75) is 28.8 Å². The molecule has 1 amide bonds. The average molecular weight is 415 g/mol. The number of para-hydroxylation sites is 1. The van der Waals surface area contributed by atoms with Gasteiger partial charge in [0.05, 0.1) is 30.0 Å². The van der Waals surface area contributed by atoms with Gasteiger partial charge in [-0.1, -0.05) is 23.9 Å². The molecular weight excluding hydrogens is 397 g/mol. The summed E-state index contributed by atoms with van der Waals surface area (Å²) in [6.45, 7) is 2.17. The average Bonchev–Trinajstić information content (AvgIpc) is 3.11. The quantitative estimate of drug-likeness (QED) is 0.775. The third kappa shape index (κ3) is 3.95. The Bertz CT molecular complexity index is 853. The first-order valence-electron chi connectivity index (χ1n) is 8.58. The molecule has 0 atom stereocenters. The first-order valence-corrected chi connectivity index (χ1v) is 9.40. The van der Waals surface area contributed by atoms with Gasteiger partial charge in [-0.2, -0.15) is 13.2 Å². The molecule has 2 aromatic carbocycles. The van der Waals surface area contributed by atoms with Gasteiger partial charge in [-0.05, 0) is 30.3 Å². The molecule has 0 aliphatic carbocycles. The Morgan fingerprint density at radius 1 is 1.04 bits per heavy atom. The van der Waals surface area contributed by atoms with E-state index in [4.69, 9.17) is 0 Å². The molecule has 27 heavy (non-hydrogen) atoms. The second-order valence-corrected chi connectivity index (χ2v) is 7.70. The Labute approximate surface area is 165 Å². The maximum atomic E-state index is 13.2. The number of nitrogens with one attached hydrogen (secondary N) is 1. The summed E-state index contributed by atoms with van der Waals surface area (Å²) in [5, 5.41) is 0. The van der Waals surface area contributed by atoms with E-state index in [1.165, 1.54) is 27.6 Å². The van der Waals surface area contributed by atoms with E-state index in [0.29, 0.717) is 22.8 Å². The highest BCUT2D eigenvalue weighted by Gasteiger charge is 2.35. The summed E-state index contributed by atoms with van der Waals surface area (Å²) in [7, 11) is 0. The van der Waals surface area contributed by atoms with Gasteiger partial charge in [-0.15, -0.1) is 0 Å². The number of hydrogen-bond acceptors (Lipinski definition) is 2. The summed E-state index contributed by atoms with van der Waals surface area (Å²) in [5.74, 6) is -0.157. The van der Waals surface area contributed by atoms with Crippen molar-refractivity contribution >= 4 is 29.0 Å². The zero-order valence-corrected chi connectivity index (χ0v) is 15.9. The second-order valence-electron chi connectivity index (χ2n) is 6.61. The Morgan fingerprint density at radius 2 is 1.70 bits per heavy atom. The Morgan fingerprint density at radius 3 is 2.41 bits per heavy atom. The number of nitrogens with zero attached hydrogens (tertiary/aromatic N) is 1. The van der Waals surface area contributed by atoms with Gasteiger partial charge in [-0.3, -0.25) is 9.69 Å². The zero-order chi connectivity index (χ0) is 18.3. The number of halogens is 4. The molecule has 0 radical (unpaired) electrons. The van der Waals surface area contributed by atoms with E-state index in [1.807, 2.05) is 12.1 Å². The summed E-state index contributed by atoms with van der Waals surface area (Å²) in [6, 6.07) is 11.0. The van der Waals surface area contributed by atoms with Crippen LogP contribution in [0.2, 0.25) is 0 Å². The number of likely N-dealkylation sites (tertiary alicyclic amines) is 1. The van der Waals surface area contributed by atoms with E-state index >= 15 is 0 Å². The highest BCUT2D eigenvalue weighted by Crippen LogP contribution is 2.49. The molecule has 0 unspecified atom stereocenters. The van der Waals surface area contributed by atoms with Gasteiger partial charge in [0, 0.05) is 22.6 Å². The van der Waals surface area contributed by atoms with Gasteiger partial charge in [-0.25, -0.2) is 0 Å². The molecule has 1 fully saturated rings. The lowest BCUT2D eigenvalue weighted by molar-refractivity contribution is -0.878. The predicted molar refractivity (Wildman–Crippen MR) is 94.0 cm³/mol. The maximum Gasteiger partial charge on any atom is 0.416 e. The monoisotopic (exact) mass is 414 g/mol. The van der Waals surface area contributed by atoms with Crippen molar-refractivity contribution in [3.63, 3.8) is 0 Å². The standard InChI is InChI=1S/C19H17F3N2OS.ClH/c20-19(21,22)13-7-8-17-15(11-13)24(14-5-1-2-6-16(14)26-17)18(25)12-23-9-3-4-10-23;/h1-2,5-8,11H,3-4,9-10,12H2;1H. The van der Waals surface area contributed by atoms with Crippen LogP contribution in [0.4, 0.5) is 24.5 Å². The van der Waals surface area contributed by atoms with E-state index in [0.717, 1.165) is 43.0 Å². The van der Waals surface area contributed by atoms with Crippen molar-refractivity contribution in [1.29, 1.82) is 0 Å². The van der Waals surface area contributed by atoms with Crippen molar-refractivity contribution in [3.8, 4) is 0 Å². The SMILES string of the molecule is O=C(C[NH+]1CCCC1)N1c2ccccc2Sc2ccc(C(F)(F)F)cc21.[Cl-]. The molecule has 0 saturated carbocycles. The van der Waals surface area contributed by atoms with Crippen molar-refractivity contribution in [3.05, 3.63) is 48.0 Å². The van der Waals surface area contributed by atoms with Gasteiger partial charge < -0.3 is 17.3 Å². The molecule has 1 N–H and O–H groups in total. The number of carbonyl (C=O) groups excluding carboxylic acids is 1. The van der Waals surface area contributed by atoms with Crippen LogP contribution in [0.25, 0.3) is 0 Å². The molecule has 1 saturated heterocycles. The summed E-state index contributed by atoms with van der Waals surface area (Å²) >= 11 is 1.40. The predicted octanol–water partition coefficient (Wildman–Crippen LogP) is 0.517. The summed E-state index contributed by atoms with van der Waals surface area (Å²) in [4.78, 5) is 17.3. The molecule has 0 bridgehead atoms. The minimum Gasteiger partial charge on any atom is -1.00 e. The second kappa shape index (κ2) is 7.73. The fourth-order valence-electron chi connectivity index (χ4n) is 3.54. The third-order valence-electron chi connectivity index (χ3n) is 4.81. The highest BCUT2D eigenvalue weighted by atomic mass is 35.5. The molecule has 0 aromatic heterocycles. The van der Waals surface area contributed by atoms with Crippen molar-refractivity contribution in [2.75, 3.05) is 24.5 Å². The van der Waals surface area contributed by atoms with Gasteiger partial charge in [0.2, 0.25) is 0 Å². The van der Waals surface area contributed by atoms with Gasteiger partial charge >= 0.3 is 6.18 Å². The zero-order valence-electron chi connectivity index (χ0n) is 14.4. The lowest BCUT2D eigenvalue weighted by Crippen LogP contribution is -3.11. The van der Waals surface area contributed by atoms with Gasteiger partial charge in [0.1, 0.15) is 0 Å². The normalized spacial score (nSPS) is 16.5. The number of quaternary nitrogens is 1. The number of anilines is 2. The van der Waals surface area contributed by atoms with Crippen LogP contribution in [-0.2, 0) is 11.0 Å². The van der Waals surface area contributed by atoms with E-state index in [-0.39, 0.29) is 18.3 Å². The molecule has 0 spiro atoms. The Kier molecular flexibility index (Phi) is 5.74. The number of benzene rings is 2. The number of rotatable bonds is 2. The van der Waals surface area contributed by atoms with E-state index in [1.54, 1.807) is 12.1 Å². The van der Waals surface area contributed by atoms with Gasteiger partial charge in [0.15, 0.2) is 6.54 Å². The van der Waals surface area contributed by atoms with Crippen LogP contribution in [0.15, 0.2) is 52.3 Å². The topological polar surface area (TPSA) is 24.8 Å². The molecule has 2 aromatic rings. The lowest BCUT2D eigenvalue weighted by atomic mass is 10.1. The highest BCUT2D eigenvalue weighted by molar-refractivity contribution is 7.99. The molecule has 2 aliphatic rings. The molecule has 144 valence electrons.